The first-order valence-corrected chi connectivity index (χ1v) is 5.73. The van der Waals surface area contributed by atoms with E-state index in [9.17, 15) is 14.7 Å². The molecule has 0 aromatic rings. The van der Waals surface area contributed by atoms with Crippen molar-refractivity contribution < 1.29 is 24.2 Å². The number of amides is 2. The van der Waals surface area contributed by atoms with Gasteiger partial charge in [0, 0.05) is 0 Å². The van der Waals surface area contributed by atoms with Gasteiger partial charge in [-0.15, -0.1) is 11.6 Å². The summed E-state index contributed by atoms with van der Waals surface area (Å²) in [7, 11) is 0. The molecule has 0 bridgehead atoms. The molecule has 98 valence electrons. The van der Waals surface area contributed by atoms with Crippen LogP contribution < -0.4 is 0 Å². The molecule has 1 heterocycles. The van der Waals surface area contributed by atoms with Gasteiger partial charge in [-0.25, -0.2) is 14.5 Å². The number of cyclic esters (lactones) is 1. The summed E-state index contributed by atoms with van der Waals surface area (Å²) in [6.07, 6.45) is -3.40. The van der Waals surface area contributed by atoms with Gasteiger partial charge >= 0.3 is 12.2 Å². The smallest absolute Gasteiger partial charge is 0.419 e. The van der Waals surface area contributed by atoms with Crippen LogP contribution in [0.25, 0.3) is 0 Å². The second-order valence-corrected chi connectivity index (χ2v) is 5.04. The van der Waals surface area contributed by atoms with Crippen LogP contribution in [0.2, 0.25) is 0 Å². The first-order chi connectivity index (χ1) is 7.74. The lowest BCUT2D eigenvalue weighted by Gasteiger charge is -2.22. The van der Waals surface area contributed by atoms with Crippen LogP contribution in [0.15, 0.2) is 0 Å². The zero-order valence-electron chi connectivity index (χ0n) is 9.97. The number of hydrogen-bond donors (Lipinski definition) is 1. The van der Waals surface area contributed by atoms with Crippen LogP contribution in [0.1, 0.15) is 20.8 Å². The molecule has 1 N–H and O–H groups in total. The molecule has 2 amide bonds. The molecule has 0 spiro atoms. The minimum absolute atomic E-state index is 0.0539. The van der Waals surface area contributed by atoms with E-state index in [0.29, 0.717) is 0 Å². The van der Waals surface area contributed by atoms with Gasteiger partial charge in [0.2, 0.25) is 0 Å². The van der Waals surface area contributed by atoms with Gasteiger partial charge in [-0.2, -0.15) is 0 Å². The number of aliphatic hydroxyl groups excluding tert-OH is 1. The summed E-state index contributed by atoms with van der Waals surface area (Å²) in [6, 6.07) is 0. The average Bonchev–Trinajstić information content (AvgIpc) is 2.56. The highest BCUT2D eigenvalue weighted by molar-refractivity contribution is 6.18. The molecule has 1 fully saturated rings. The monoisotopic (exact) mass is 265 g/mol. The number of halogens is 1. The Morgan fingerprint density at radius 2 is 2.29 bits per heavy atom. The van der Waals surface area contributed by atoms with E-state index in [4.69, 9.17) is 21.1 Å². The maximum atomic E-state index is 11.6. The van der Waals surface area contributed by atoms with Gasteiger partial charge in [-0.3, -0.25) is 0 Å². The van der Waals surface area contributed by atoms with Gasteiger partial charge in [0.15, 0.2) is 0 Å². The number of ether oxygens (including phenoxy) is 2. The molecule has 17 heavy (non-hydrogen) atoms. The summed E-state index contributed by atoms with van der Waals surface area (Å²) in [6.45, 7) is 5.02. The normalized spacial score (nSPS) is 22.3. The third-order valence-corrected chi connectivity index (χ3v) is 2.35. The summed E-state index contributed by atoms with van der Waals surface area (Å²) < 4.78 is 9.84. The van der Waals surface area contributed by atoms with E-state index in [1.54, 1.807) is 20.8 Å². The first kappa shape index (κ1) is 14.1. The molecule has 1 aliphatic heterocycles. The predicted octanol–water partition coefficient (Wildman–Crippen LogP) is 1.34. The van der Waals surface area contributed by atoms with E-state index < -0.39 is 30.0 Å². The molecule has 1 rings (SSSR count). The second-order valence-electron chi connectivity index (χ2n) is 4.73. The molecular formula is C10H16ClNO5. The SMILES string of the molecule is CC(C)(C)OC(=O)N1C[C@H](C(O)CCl)OC1=O. The molecule has 1 aliphatic rings. The van der Waals surface area contributed by atoms with Crippen molar-refractivity contribution in [1.29, 1.82) is 0 Å². The number of aliphatic hydroxyl groups is 1. The van der Waals surface area contributed by atoms with Crippen molar-refractivity contribution in [2.45, 2.75) is 38.6 Å². The quantitative estimate of drug-likeness (QED) is 0.763. The highest BCUT2D eigenvalue weighted by atomic mass is 35.5. The lowest BCUT2D eigenvalue weighted by molar-refractivity contribution is 0.0339. The number of imide groups is 1. The van der Waals surface area contributed by atoms with Gasteiger partial charge in [0.25, 0.3) is 0 Å². The van der Waals surface area contributed by atoms with Crippen LogP contribution in [-0.4, -0.2) is 52.4 Å². The van der Waals surface area contributed by atoms with Crippen LogP contribution >= 0.6 is 11.6 Å². The summed E-state index contributed by atoms with van der Waals surface area (Å²) in [4.78, 5) is 23.8. The van der Waals surface area contributed by atoms with Gasteiger partial charge in [-0.1, -0.05) is 0 Å². The lowest BCUT2D eigenvalue weighted by Crippen LogP contribution is -2.39. The van der Waals surface area contributed by atoms with Crippen molar-refractivity contribution in [3.05, 3.63) is 0 Å². The fraction of sp³-hybridized carbons (Fsp3) is 0.800. The Hall–Kier alpha value is -1.01. The molecule has 7 heteroatoms. The number of carbonyl (C=O) groups is 2. The zero-order valence-corrected chi connectivity index (χ0v) is 10.7. The Kier molecular flexibility index (Phi) is 4.21. The van der Waals surface area contributed by atoms with Crippen molar-refractivity contribution >= 4 is 23.8 Å². The number of carbonyl (C=O) groups excluding carboxylic acids is 2. The van der Waals surface area contributed by atoms with Gasteiger partial charge in [0.05, 0.1) is 12.4 Å². The fourth-order valence-corrected chi connectivity index (χ4v) is 1.45. The summed E-state index contributed by atoms with van der Waals surface area (Å²) >= 11 is 5.44. The lowest BCUT2D eigenvalue weighted by atomic mass is 10.2. The molecule has 0 aromatic heterocycles. The first-order valence-electron chi connectivity index (χ1n) is 5.20. The van der Waals surface area contributed by atoms with Crippen LogP contribution in [0.5, 0.6) is 0 Å². The summed E-state index contributed by atoms with van der Waals surface area (Å²) in [5, 5.41) is 9.42. The second kappa shape index (κ2) is 5.10. The van der Waals surface area contributed by atoms with E-state index in [-0.39, 0.29) is 12.4 Å². The maximum Gasteiger partial charge on any atom is 0.419 e. The molecule has 0 saturated carbocycles. The molecule has 1 saturated heterocycles. The van der Waals surface area contributed by atoms with E-state index in [1.165, 1.54) is 0 Å². The Morgan fingerprint density at radius 1 is 1.71 bits per heavy atom. The number of alkyl halides is 1. The van der Waals surface area contributed by atoms with E-state index in [2.05, 4.69) is 0 Å². The molecule has 2 atom stereocenters. The summed E-state index contributed by atoms with van der Waals surface area (Å²) in [5.74, 6) is -0.0693. The average molecular weight is 266 g/mol. The van der Waals surface area contributed by atoms with E-state index in [1.807, 2.05) is 0 Å². The standard InChI is InChI=1S/C10H16ClNO5/c1-10(2,3)17-9(15)12-5-7(6(13)4-11)16-8(12)14/h6-7,13H,4-5H2,1-3H3/t6?,7-/m1/s1. The predicted molar refractivity (Wildman–Crippen MR) is 59.9 cm³/mol. The highest BCUT2D eigenvalue weighted by Gasteiger charge is 2.41. The van der Waals surface area contributed by atoms with Crippen molar-refractivity contribution in [3.63, 3.8) is 0 Å². The Morgan fingerprint density at radius 3 is 2.76 bits per heavy atom. The van der Waals surface area contributed by atoms with Gasteiger partial charge in [-0.05, 0) is 20.8 Å². The molecule has 0 aromatic carbocycles. The Balaban J connectivity index is 2.62. The van der Waals surface area contributed by atoms with Gasteiger partial charge < -0.3 is 14.6 Å². The van der Waals surface area contributed by atoms with Crippen LogP contribution in [-0.2, 0) is 9.47 Å². The van der Waals surface area contributed by atoms with E-state index in [0.717, 1.165) is 4.90 Å². The third kappa shape index (κ3) is 3.74. The highest BCUT2D eigenvalue weighted by Crippen LogP contribution is 2.18. The minimum Gasteiger partial charge on any atom is -0.443 e. The van der Waals surface area contributed by atoms with Crippen molar-refractivity contribution in [1.82, 2.24) is 4.90 Å². The molecule has 0 aliphatic carbocycles. The number of rotatable bonds is 2. The van der Waals surface area contributed by atoms with Crippen LogP contribution in [0.3, 0.4) is 0 Å². The van der Waals surface area contributed by atoms with E-state index >= 15 is 0 Å². The number of nitrogens with zero attached hydrogens (tertiary/aromatic N) is 1. The maximum absolute atomic E-state index is 11.6. The minimum atomic E-state index is -0.993. The molecule has 1 unspecified atom stereocenters. The topological polar surface area (TPSA) is 76.1 Å². The van der Waals surface area contributed by atoms with Crippen molar-refractivity contribution in [2.24, 2.45) is 0 Å². The zero-order chi connectivity index (χ0) is 13.2. The Bertz CT molecular complexity index is 314. The molecule has 0 radical (unpaired) electrons. The van der Waals surface area contributed by atoms with Crippen molar-refractivity contribution in [3.8, 4) is 0 Å². The van der Waals surface area contributed by atoms with Crippen LogP contribution in [0, 0.1) is 0 Å². The number of hydrogen-bond acceptors (Lipinski definition) is 5. The summed E-state index contributed by atoms with van der Waals surface area (Å²) in [5.41, 5.74) is -0.694. The van der Waals surface area contributed by atoms with Crippen LogP contribution in [0.4, 0.5) is 9.59 Å². The fourth-order valence-electron chi connectivity index (χ4n) is 1.25. The molecular weight excluding hydrogens is 250 g/mol. The van der Waals surface area contributed by atoms with Crippen molar-refractivity contribution in [2.75, 3.05) is 12.4 Å². The Labute approximate surface area is 104 Å². The largest absolute Gasteiger partial charge is 0.443 e. The third-order valence-electron chi connectivity index (χ3n) is 2.04. The molecule has 6 nitrogen and oxygen atoms in total. The van der Waals surface area contributed by atoms with Gasteiger partial charge in [0.1, 0.15) is 17.8 Å².